The molecule has 0 fully saturated rings. The molecule has 0 N–H and O–H groups in total. The Bertz CT molecular complexity index is 379. The van der Waals surface area contributed by atoms with Crippen molar-refractivity contribution in [3.63, 3.8) is 0 Å². The lowest BCUT2D eigenvalue weighted by atomic mass is 10.1. The van der Waals surface area contributed by atoms with Gasteiger partial charge >= 0.3 is 24.5 Å². The van der Waals surface area contributed by atoms with E-state index in [0.29, 0.717) is 13.8 Å². The van der Waals surface area contributed by atoms with Crippen molar-refractivity contribution < 1.29 is 53.0 Å². The molecule has 0 aliphatic carbocycles. The number of allylic oxidation sites excluding steroid dienone is 2. The Morgan fingerprint density at radius 3 is 1.24 bits per heavy atom. The average molecular weight is 340 g/mol. The van der Waals surface area contributed by atoms with Gasteiger partial charge in [-0.25, -0.2) is 0 Å². The van der Waals surface area contributed by atoms with E-state index in [0.717, 1.165) is 0 Å². The van der Waals surface area contributed by atoms with Crippen LogP contribution in [-0.4, -0.2) is 30.6 Å². The first kappa shape index (κ1) is 19.8. The first-order chi connectivity index (χ1) is 8.92. The van der Waals surface area contributed by atoms with E-state index < -0.39 is 41.9 Å². The highest BCUT2D eigenvalue weighted by Crippen LogP contribution is 2.49. The lowest BCUT2D eigenvalue weighted by Gasteiger charge is -2.28. The van der Waals surface area contributed by atoms with Crippen LogP contribution in [0.15, 0.2) is 11.3 Å². The van der Waals surface area contributed by atoms with Crippen molar-refractivity contribution in [1.82, 2.24) is 0 Å². The highest BCUT2D eigenvalue weighted by molar-refractivity contribution is 5.26. The molecule has 0 atom stereocenters. The summed E-state index contributed by atoms with van der Waals surface area (Å²) < 4.78 is 139. The molecule has 0 rings (SSSR count). The molecular weight excluding hydrogens is 333 g/mol. The van der Waals surface area contributed by atoms with Crippen molar-refractivity contribution >= 4 is 0 Å². The van der Waals surface area contributed by atoms with E-state index in [-0.39, 0.29) is 0 Å². The molecule has 0 radical (unpaired) electrons. The van der Waals surface area contributed by atoms with Crippen molar-refractivity contribution in [3.05, 3.63) is 11.3 Å². The van der Waals surface area contributed by atoms with Gasteiger partial charge in [-0.05, 0) is 13.8 Å². The van der Waals surface area contributed by atoms with Crippen LogP contribution < -0.4 is 0 Å². The lowest BCUT2D eigenvalue weighted by molar-refractivity contribution is -0.283. The molecule has 0 bridgehead atoms. The summed E-state index contributed by atoms with van der Waals surface area (Å²) in [6.45, 7) is 1.38. The molecular formula is C9H7F11O. The van der Waals surface area contributed by atoms with Gasteiger partial charge in [0.05, 0.1) is 6.10 Å². The molecule has 0 aromatic carbocycles. The second-order valence-corrected chi connectivity index (χ2v) is 3.94. The summed E-state index contributed by atoms with van der Waals surface area (Å²) in [4.78, 5) is 0. The fourth-order valence-electron chi connectivity index (χ4n) is 1.07. The van der Waals surface area contributed by atoms with Crippen LogP contribution in [0, 0.1) is 0 Å². The average Bonchev–Trinajstić information content (AvgIpc) is 2.08. The predicted octanol–water partition coefficient (Wildman–Crippen LogP) is 4.99. The second kappa shape index (κ2) is 5.52. The van der Waals surface area contributed by atoms with Gasteiger partial charge in [0.25, 0.3) is 0 Å². The zero-order valence-electron chi connectivity index (χ0n) is 10.1. The van der Waals surface area contributed by atoms with Crippen LogP contribution in [0.4, 0.5) is 48.3 Å². The quantitative estimate of drug-likeness (QED) is 0.520. The number of hydrogen-bond donors (Lipinski definition) is 0. The fraction of sp³-hybridized carbons (Fsp3) is 0.778. The number of ether oxygens (including phenoxy) is 1. The molecule has 0 unspecified atom stereocenters. The molecule has 1 nitrogen and oxygen atoms in total. The van der Waals surface area contributed by atoms with Crippen molar-refractivity contribution in [1.29, 1.82) is 0 Å². The summed E-state index contributed by atoms with van der Waals surface area (Å²) in [5.41, 5.74) is -4.04. The Morgan fingerprint density at radius 2 is 1.05 bits per heavy atom. The summed E-state index contributed by atoms with van der Waals surface area (Å²) in [6, 6.07) is 0. The minimum atomic E-state index is -6.70. The minimum Gasteiger partial charge on any atom is -0.488 e. The van der Waals surface area contributed by atoms with E-state index in [2.05, 4.69) is 4.74 Å². The number of halogens is 11. The van der Waals surface area contributed by atoms with Crippen molar-refractivity contribution in [2.24, 2.45) is 0 Å². The summed E-state index contributed by atoms with van der Waals surface area (Å²) >= 11 is 0. The third-order valence-corrected chi connectivity index (χ3v) is 1.79. The van der Waals surface area contributed by atoms with E-state index in [4.69, 9.17) is 0 Å². The zero-order valence-corrected chi connectivity index (χ0v) is 10.1. The fourth-order valence-corrected chi connectivity index (χ4v) is 1.07. The van der Waals surface area contributed by atoms with E-state index in [1.54, 1.807) is 0 Å². The molecule has 21 heavy (non-hydrogen) atoms. The van der Waals surface area contributed by atoms with Crippen LogP contribution in [0.1, 0.15) is 13.8 Å². The molecule has 0 aromatic rings. The van der Waals surface area contributed by atoms with Crippen LogP contribution in [0.5, 0.6) is 0 Å². The highest BCUT2D eigenvalue weighted by atomic mass is 19.4. The second-order valence-electron chi connectivity index (χ2n) is 3.94. The summed E-state index contributed by atoms with van der Waals surface area (Å²) in [6.07, 6.45) is -21.5. The van der Waals surface area contributed by atoms with Crippen LogP contribution in [0.25, 0.3) is 0 Å². The Balaban J connectivity index is 6.53. The molecule has 0 saturated carbocycles. The molecule has 0 aromatic heterocycles. The topological polar surface area (TPSA) is 9.23 Å². The van der Waals surface area contributed by atoms with Gasteiger partial charge in [-0.15, -0.1) is 0 Å². The third kappa shape index (κ3) is 4.63. The van der Waals surface area contributed by atoms with Crippen LogP contribution in [0.2, 0.25) is 0 Å². The maximum Gasteiger partial charge on any atom is 0.461 e. The number of alkyl halides is 11. The first-order valence-electron chi connectivity index (χ1n) is 4.92. The van der Waals surface area contributed by atoms with Gasteiger partial charge in [0.2, 0.25) is 0 Å². The number of rotatable bonds is 3. The number of hydrogen-bond acceptors (Lipinski definition) is 1. The van der Waals surface area contributed by atoms with Gasteiger partial charge in [0.15, 0.2) is 11.3 Å². The summed E-state index contributed by atoms with van der Waals surface area (Å²) in [7, 11) is 0. The zero-order chi connectivity index (χ0) is 17.4. The standard InChI is InChI=1S/C9H7F11O/c1-3(2)21-5(6(10,11)9(18,19)20)4(7(12,13)14)8(15,16)17/h3H,1-2H3. The van der Waals surface area contributed by atoms with E-state index in [9.17, 15) is 48.3 Å². The molecule has 0 spiro atoms. The van der Waals surface area contributed by atoms with Crippen molar-refractivity contribution in [2.45, 2.75) is 44.4 Å². The predicted molar refractivity (Wildman–Crippen MR) is 46.4 cm³/mol. The largest absolute Gasteiger partial charge is 0.488 e. The molecule has 0 amide bonds. The highest BCUT2D eigenvalue weighted by Gasteiger charge is 2.67. The van der Waals surface area contributed by atoms with Gasteiger partial charge in [-0.2, -0.15) is 48.3 Å². The van der Waals surface area contributed by atoms with Crippen molar-refractivity contribution in [3.8, 4) is 0 Å². The minimum absolute atomic E-state index is 0.691. The third-order valence-electron chi connectivity index (χ3n) is 1.79. The first-order valence-corrected chi connectivity index (χ1v) is 4.92. The normalized spacial score (nSPS) is 14.4. The molecule has 0 aliphatic rings. The van der Waals surface area contributed by atoms with Crippen LogP contribution in [0.3, 0.4) is 0 Å². The lowest BCUT2D eigenvalue weighted by Crippen LogP contribution is -2.44. The van der Waals surface area contributed by atoms with Crippen molar-refractivity contribution in [2.75, 3.05) is 0 Å². The molecule has 12 heteroatoms. The van der Waals surface area contributed by atoms with E-state index >= 15 is 0 Å². The molecule has 0 saturated heterocycles. The Morgan fingerprint density at radius 1 is 0.714 bits per heavy atom. The van der Waals surface area contributed by atoms with Gasteiger partial charge in [-0.1, -0.05) is 0 Å². The smallest absolute Gasteiger partial charge is 0.461 e. The maximum absolute atomic E-state index is 13.0. The molecule has 0 heterocycles. The van der Waals surface area contributed by atoms with Gasteiger partial charge in [0, 0.05) is 0 Å². The Kier molecular flexibility index (Phi) is 5.20. The molecule has 126 valence electrons. The van der Waals surface area contributed by atoms with E-state index in [1.165, 1.54) is 0 Å². The van der Waals surface area contributed by atoms with E-state index in [1.807, 2.05) is 0 Å². The van der Waals surface area contributed by atoms with Gasteiger partial charge in [0.1, 0.15) is 0 Å². The SMILES string of the molecule is CC(C)OC(=C(C(F)(F)F)C(F)(F)F)C(F)(F)C(F)(F)F. The maximum atomic E-state index is 13.0. The Hall–Kier alpha value is -1.23. The summed E-state index contributed by atoms with van der Waals surface area (Å²) in [5, 5.41) is 0. The Labute approximate surface area is 110 Å². The van der Waals surface area contributed by atoms with Crippen LogP contribution >= 0.6 is 0 Å². The van der Waals surface area contributed by atoms with Crippen LogP contribution in [-0.2, 0) is 4.74 Å². The molecule has 0 aliphatic heterocycles. The monoisotopic (exact) mass is 340 g/mol. The van der Waals surface area contributed by atoms with Gasteiger partial charge in [-0.3, -0.25) is 0 Å². The summed E-state index contributed by atoms with van der Waals surface area (Å²) in [5.74, 6) is -9.98. The van der Waals surface area contributed by atoms with Gasteiger partial charge < -0.3 is 4.74 Å².